The van der Waals surface area contributed by atoms with Gasteiger partial charge in [0.25, 0.3) is 5.91 Å². The van der Waals surface area contributed by atoms with E-state index in [2.05, 4.69) is 10.3 Å². The summed E-state index contributed by atoms with van der Waals surface area (Å²) in [5.74, 6) is -2.80. The van der Waals surface area contributed by atoms with Gasteiger partial charge in [-0.25, -0.2) is 18.6 Å². The van der Waals surface area contributed by atoms with Crippen LogP contribution in [0.3, 0.4) is 0 Å². The van der Waals surface area contributed by atoms with Gasteiger partial charge in [-0.15, -0.1) is 0 Å². The molecule has 3 rings (SSSR count). The van der Waals surface area contributed by atoms with Crippen LogP contribution in [0, 0.1) is 11.6 Å². The van der Waals surface area contributed by atoms with Crippen molar-refractivity contribution >= 4 is 11.9 Å². The normalized spacial score (nSPS) is 11.7. The number of rotatable bonds is 6. The third kappa shape index (κ3) is 4.59. The van der Waals surface area contributed by atoms with E-state index in [0.717, 1.165) is 17.7 Å². The van der Waals surface area contributed by atoms with Crippen LogP contribution in [0.25, 0.3) is 0 Å². The highest BCUT2D eigenvalue weighted by Gasteiger charge is 2.21. The molecule has 1 atom stereocenters. The summed E-state index contributed by atoms with van der Waals surface area (Å²) in [4.78, 5) is 28.5. The van der Waals surface area contributed by atoms with Crippen molar-refractivity contribution < 1.29 is 23.1 Å². The van der Waals surface area contributed by atoms with E-state index in [1.165, 1.54) is 0 Å². The highest BCUT2D eigenvalue weighted by atomic mass is 19.1. The monoisotopic (exact) mass is 385 g/mol. The van der Waals surface area contributed by atoms with Gasteiger partial charge in [0.15, 0.2) is 6.61 Å². The highest BCUT2D eigenvalue weighted by molar-refractivity contribution is 5.91. The molecule has 1 N–H and O–H groups in total. The van der Waals surface area contributed by atoms with Crippen molar-refractivity contribution in [3.8, 4) is 0 Å². The zero-order chi connectivity index (χ0) is 20.1. The summed E-state index contributed by atoms with van der Waals surface area (Å²) in [6, 6.07) is 10.9. The molecule has 0 bridgehead atoms. The first kappa shape index (κ1) is 19.2. The topological polar surface area (TPSA) is 73.2 Å². The Labute approximate surface area is 159 Å². The number of halogens is 2. The average Bonchev–Trinajstić information content (AvgIpc) is 3.09. The van der Waals surface area contributed by atoms with Crippen LogP contribution in [-0.2, 0) is 16.6 Å². The van der Waals surface area contributed by atoms with Gasteiger partial charge in [0.1, 0.15) is 23.5 Å². The molecule has 8 heteroatoms. The molecule has 0 aliphatic carbocycles. The van der Waals surface area contributed by atoms with Crippen molar-refractivity contribution in [2.75, 3.05) is 6.61 Å². The molecular formula is C20H17F2N3O3. The number of hydrogen-bond donors (Lipinski definition) is 1. The van der Waals surface area contributed by atoms with Crippen LogP contribution in [0.5, 0.6) is 0 Å². The van der Waals surface area contributed by atoms with Crippen molar-refractivity contribution in [3.63, 3.8) is 0 Å². The van der Waals surface area contributed by atoms with Crippen molar-refractivity contribution in [1.29, 1.82) is 0 Å². The van der Waals surface area contributed by atoms with Gasteiger partial charge in [-0.2, -0.15) is 0 Å². The van der Waals surface area contributed by atoms with Gasteiger partial charge in [0.2, 0.25) is 0 Å². The maximum Gasteiger partial charge on any atom is 0.338 e. The van der Waals surface area contributed by atoms with Gasteiger partial charge >= 0.3 is 5.97 Å². The first-order valence-electron chi connectivity index (χ1n) is 8.39. The molecule has 0 saturated carbocycles. The van der Waals surface area contributed by atoms with Gasteiger partial charge < -0.3 is 14.6 Å². The van der Waals surface area contributed by atoms with Crippen molar-refractivity contribution in [2.45, 2.75) is 6.04 Å². The second-order valence-electron chi connectivity index (χ2n) is 6.04. The van der Waals surface area contributed by atoms with Crippen molar-refractivity contribution in [1.82, 2.24) is 14.9 Å². The molecule has 0 aliphatic rings. The number of benzene rings is 2. The zero-order valence-corrected chi connectivity index (χ0v) is 14.9. The second kappa shape index (κ2) is 8.43. The Morgan fingerprint density at radius 3 is 2.43 bits per heavy atom. The van der Waals surface area contributed by atoms with E-state index in [9.17, 15) is 18.4 Å². The summed E-state index contributed by atoms with van der Waals surface area (Å²) in [5.41, 5.74) is 0.484. The maximum absolute atomic E-state index is 13.2. The Balaban J connectivity index is 1.69. The third-order valence-corrected chi connectivity index (χ3v) is 3.99. The van der Waals surface area contributed by atoms with Crippen molar-refractivity contribution in [2.24, 2.45) is 7.05 Å². The van der Waals surface area contributed by atoms with Crippen LogP contribution < -0.4 is 5.32 Å². The number of carbonyl (C=O) groups is 2. The minimum atomic E-state index is -0.998. The second-order valence-corrected chi connectivity index (χ2v) is 6.04. The number of ether oxygens (including phenoxy) is 1. The Hall–Kier alpha value is -3.55. The number of nitrogens with zero attached hydrogens (tertiary/aromatic N) is 2. The van der Waals surface area contributed by atoms with Gasteiger partial charge in [-0.3, -0.25) is 4.79 Å². The largest absolute Gasteiger partial charge is 0.452 e. The lowest BCUT2D eigenvalue weighted by molar-refractivity contribution is -0.124. The molecule has 1 heterocycles. The lowest BCUT2D eigenvalue weighted by Gasteiger charge is -2.19. The van der Waals surface area contributed by atoms with E-state index in [1.807, 2.05) is 30.3 Å². The predicted octanol–water partition coefficient (Wildman–Crippen LogP) is 2.76. The predicted molar refractivity (Wildman–Crippen MR) is 96.3 cm³/mol. The van der Waals surface area contributed by atoms with Crippen LogP contribution in [-0.4, -0.2) is 28.0 Å². The van der Waals surface area contributed by atoms with Crippen LogP contribution in [0.2, 0.25) is 0 Å². The van der Waals surface area contributed by atoms with Crippen LogP contribution in [0.4, 0.5) is 8.78 Å². The molecule has 0 unspecified atom stereocenters. The maximum atomic E-state index is 13.2. The number of aromatic nitrogens is 2. The summed E-state index contributed by atoms with van der Waals surface area (Å²) in [5, 5.41) is 2.76. The Bertz CT molecular complexity index is 969. The fraction of sp³-hybridized carbons (Fsp3) is 0.150. The average molecular weight is 385 g/mol. The standard InChI is InChI=1S/C20H17F2N3O3/c1-25-8-7-23-19(25)18(13-5-3-2-4-6-13)24-17(26)12-28-20(27)14-9-15(21)11-16(22)10-14/h2-11,18H,12H2,1H3,(H,24,26)/t18-/m1/s1. The first-order chi connectivity index (χ1) is 13.4. The number of hydrogen-bond acceptors (Lipinski definition) is 4. The minimum Gasteiger partial charge on any atom is -0.452 e. The molecule has 144 valence electrons. The summed E-state index contributed by atoms with van der Waals surface area (Å²) in [6.07, 6.45) is 3.35. The van der Waals surface area contributed by atoms with Crippen LogP contribution in [0.15, 0.2) is 60.9 Å². The Kier molecular flexibility index (Phi) is 5.78. The Morgan fingerprint density at radius 2 is 1.82 bits per heavy atom. The molecule has 6 nitrogen and oxygen atoms in total. The fourth-order valence-electron chi connectivity index (χ4n) is 2.69. The van der Waals surface area contributed by atoms with Gasteiger partial charge in [0.05, 0.1) is 5.56 Å². The molecule has 0 aliphatic heterocycles. The smallest absolute Gasteiger partial charge is 0.338 e. The SMILES string of the molecule is Cn1ccnc1[C@H](NC(=O)COC(=O)c1cc(F)cc(F)c1)c1ccccc1. The molecule has 2 aromatic carbocycles. The van der Waals surface area contributed by atoms with E-state index >= 15 is 0 Å². The van der Waals surface area contributed by atoms with Gasteiger partial charge in [-0.1, -0.05) is 30.3 Å². The lowest BCUT2D eigenvalue weighted by Crippen LogP contribution is -2.34. The molecule has 0 radical (unpaired) electrons. The minimum absolute atomic E-state index is 0.311. The highest BCUT2D eigenvalue weighted by Crippen LogP contribution is 2.20. The Morgan fingerprint density at radius 1 is 1.14 bits per heavy atom. The summed E-state index contributed by atoms with van der Waals surface area (Å²) in [6.45, 7) is -0.606. The van der Waals surface area contributed by atoms with Gasteiger partial charge in [-0.05, 0) is 17.7 Å². The number of esters is 1. The molecule has 0 spiro atoms. The lowest BCUT2D eigenvalue weighted by atomic mass is 10.1. The molecule has 0 saturated heterocycles. The third-order valence-electron chi connectivity index (χ3n) is 3.99. The number of amides is 1. The number of aryl methyl sites for hydroxylation is 1. The summed E-state index contributed by atoms with van der Waals surface area (Å²) < 4.78 is 33.0. The quantitative estimate of drug-likeness (QED) is 0.663. The van der Waals surface area contributed by atoms with E-state index in [1.54, 1.807) is 24.0 Å². The van der Waals surface area contributed by atoms with E-state index in [0.29, 0.717) is 11.9 Å². The van der Waals surface area contributed by atoms with Crippen LogP contribution >= 0.6 is 0 Å². The molecule has 0 fully saturated rings. The fourth-order valence-corrected chi connectivity index (χ4v) is 2.69. The summed E-state index contributed by atoms with van der Waals surface area (Å²) >= 11 is 0. The molecule has 3 aromatic rings. The summed E-state index contributed by atoms with van der Waals surface area (Å²) in [7, 11) is 1.79. The van der Waals surface area contributed by atoms with Crippen molar-refractivity contribution in [3.05, 3.63) is 89.5 Å². The molecule has 28 heavy (non-hydrogen) atoms. The number of nitrogens with one attached hydrogen (secondary N) is 1. The van der Waals surface area contributed by atoms with Gasteiger partial charge in [0, 0.05) is 25.5 Å². The van der Waals surface area contributed by atoms with E-state index < -0.39 is 36.2 Å². The number of imidazole rings is 1. The molecule has 1 aromatic heterocycles. The van der Waals surface area contributed by atoms with E-state index in [-0.39, 0.29) is 5.56 Å². The zero-order valence-electron chi connectivity index (χ0n) is 14.9. The van der Waals surface area contributed by atoms with Crippen LogP contribution in [0.1, 0.15) is 27.8 Å². The number of carbonyl (C=O) groups excluding carboxylic acids is 2. The molecular weight excluding hydrogens is 368 g/mol. The van der Waals surface area contributed by atoms with E-state index in [4.69, 9.17) is 4.74 Å². The molecule has 1 amide bonds. The first-order valence-corrected chi connectivity index (χ1v) is 8.39.